The van der Waals surface area contributed by atoms with E-state index in [0.717, 1.165) is 17.9 Å². The molecule has 0 aliphatic rings. The summed E-state index contributed by atoms with van der Waals surface area (Å²) in [5.41, 5.74) is 2.76. The molecular formula is C17H27NO3. The van der Waals surface area contributed by atoms with Crippen molar-refractivity contribution in [1.29, 1.82) is 0 Å². The number of allylic oxidation sites excluding steroid dienone is 1. The van der Waals surface area contributed by atoms with Crippen molar-refractivity contribution in [2.75, 3.05) is 0 Å². The second-order valence-corrected chi connectivity index (χ2v) is 5.07. The van der Waals surface area contributed by atoms with Gasteiger partial charge in [-0.1, -0.05) is 13.0 Å². The van der Waals surface area contributed by atoms with E-state index in [2.05, 4.69) is 19.3 Å². The minimum Gasteiger partial charge on any atom is -0.491 e. The number of ether oxygens (including phenoxy) is 2. The highest BCUT2D eigenvalue weighted by Gasteiger charge is 2.14. The number of hydroxylamine groups is 1. The van der Waals surface area contributed by atoms with Crippen molar-refractivity contribution in [3.63, 3.8) is 0 Å². The molecule has 0 aromatic heterocycles. The Balaban J connectivity index is 2.47. The molecule has 0 aliphatic heterocycles. The summed E-state index contributed by atoms with van der Waals surface area (Å²) in [6, 6.07) is 7.69. The summed E-state index contributed by atoms with van der Waals surface area (Å²) >= 11 is 0. The van der Waals surface area contributed by atoms with E-state index in [-0.39, 0.29) is 18.3 Å². The zero-order valence-electron chi connectivity index (χ0n) is 13.6. The first kappa shape index (κ1) is 17.4. The van der Waals surface area contributed by atoms with E-state index in [1.165, 1.54) is 0 Å². The molecule has 1 rings (SSSR count). The lowest BCUT2D eigenvalue weighted by Gasteiger charge is -2.21. The molecule has 0 fully saturated rings. The lowest BCUT2D eigenvalue weighted by molar-refractivity contribution is -0.0464. The van der Waals surface area contributed by atoms with Gasteiger partial charge in [0.2, 0.25) is 0 Å². The van der Waals surface area contributed by atoms with Crippen LogP contribution in [0.25, 0.3) is 0 Å². The summed E-state index contributed by atoms with van der Waals surface area (Å²) in [6.45, 7) is 10.0. The maximum Gasteiger partial charge on any atom is 0.124 e. The van der Waals surface area contributed by atoms with Crippen LogP contribution < -0.4 is 15.0 Å². The molecule has 0 spiro atoms. The van der Waals surface area contributed by atoms with Crippen LogP contribution in [0.5, 0.6) is 11.5 Å². The molecule has 0 saturated heterocycles. The van der Waals surface area contributed by atoms with Crippen molar-refractivity contribution in [3.8, 4) is 11.5 Å². The monoisotopic (exact) mass is 293 g/mol. The molecule has 4 heteroatoms. The highest BCUT2D eigenvalue weighted by atomic mass is 16.7. The molecule has 3 atom stereocenters. The summed E-state index contributed by atoms with van der Waals surface area (Å²) in [5.74, 6) is 1.67. The Morgan fingerprint density at radius 3 is 2.10 bits per heavy atom. The van der Waals surface area contributed by atoms with E-state index in [9.17, 15) is 0 Å². The van der Waals surface area contributed by atoms with Gasteiger partial charge >= 0.3 is 0 Å². The molecule has 118 valence electrons. The second kappa shape index (κ2) is 9.29. The zero-order valence-corrected chi connectivity index (χ0v) is 13.6. The lowest BCUT2D eigenvalue weighted by Crippen LogP contribution is -2.32. The molecule has 1 aromatic carbocycles. The topological polar surface area (TPSA) is 39.7 Å². The Morgan fingerprint density at radius 1 is 1.00 bits per heavy atom. The molecule has 0 radical (unpaired) electrons. The van der Waals surface area contributed by atoms with Gasteiger partial charge in [0.05, 0.1) is 6.10 Å². The van der Waals surface area contributed by atoms with Crippen LogP contribution in [0.3, 0.4) is 0 Å². The third-order valence-electron chi connectivity index (χ3n) is 3.21. The molecule has 0 heterocycles. The van der Waals surface area contributed by atoms with Crippen molar-refractivity contribution >= 4 is 0 Å². The molecule has 21 heavy (non-hydrogen) atoms. The normalized spacial score (nSPS) is 15.5. The predicted molar refractivity (Wildman–Crippen MR) is 85.4 cm³/mol. The molecular weight excluding hydrogens is 266 g/mol. The van der Waals surface area contributed by atoms with Gasteiger partial charge in [-0.25, -0.2) is 0 Å². The summed E-state index contributed by atoms with van der Waals surface area (Å²) in [4.78, 5) is 5.42. The third-order valence-corrected chi connectivity index (χ3v) is 3.21. The highest BCUT2D eigenvalue weighted by molar-refractivity contribution is 5.31. The van der Waals surface area contributed by atoms with Gasteiger partial charge in [-0.3, -0.25) is 10.3 Å². The van der Waals surface area contributed by atoms with E-state index in [4.69, 9.17) is 14.3 Å². The number of hydrogen-bond acceptors (Lipinski definition) is 4. The Bertz CT molecular complexity index is 417. The van der Waals surface area contributed by atoms with Gasteiger partial charge in [0.15, 0.2) is 0 Å². The standard InChI is InChI=1S/C17H27NO3/c1-6-12-18-21-15(5)14(4)20-17-10-8-16(9-11-17)19-13(3)7-2/h6,8-15,18H,7H2,1-5H3. The summed E-state index contributed by atoms with van der Waals surface area (Å²) in [6.07, 6.45) is 4.69. The highest BCUT2D eigenvalue weighted by Crippen LogP contribution is 2.20. The molecule has 3 unspecified atom stereocenters. The van der Waals surface area contributed by atoms with Crippen molar-refractivity contribution < 1.29 is 14.3 Å². The fourth-order valence-corrected chi connectivity index (χ4v) is 1.53. The molecule has 0 aliphatic carbocycles. The number of nitrogens with one attached hydrogen (secondary N) is 1. The second-order valence-electron chi connectivity index (χ2n) is 5.07. The van der Waals surface area contributed by atoms with E-state index >= 15 is 0 Å². The average Bonchev–Trinajstić information content (AvgIpc) is 2.49. The van der Waals surface area contributed by atoms with Crippen LogP contribution >= 0.6 is 0 Å². The van der Waals surface area contributed by atoms with Crippen molar-refractivity contribution in [3.05, 3.63) is 36.5 Å². The minimum atomic E-state index is -0.0720. The summed E-state index contributed by atoms with van der Waals surface area (Å²) in [5, 5.41) is 0. The van der Waals surface area contributed by atoms with Crippen LogP contribution in [0, 0.1) is 0 Å². The van der Waals surface area contributed by atoms with E-state index < -0.39 is 0 Å². The summed E-state index contributed by atoms with van der Waals surface area (Å²) < 4.78 is 11.6. The molecule has 1 N–H and O–H groups in total. The zero-order chi connectivity index (χ0) is 15.7. The molecule has 0 saturated carbocycles. The maximum atomic E-state index is 5.85. The summed E-state index contributed by atoms with van der Waals surface area (Å²) in [7, 11) is 0. The first-order valence-corrected chi connectivity index (χ1v) is 7.52. The van der Waals surface area contributed by atoms with Gasteiger partial charge in [0.1, 0.15) is 23.7 Å². The van der Waals surface area contributed by atoms with E-state index in [1.54, 1.807) is 6.20 Å². The quantitative estimate of drug-likeness (QED) is 0.697. The number of rotatable bonds is 9. The fourth-order valence-electron chi connectivity index (χ4n) is 1.53. The molecule has 0 bridgehead atoms. The van der Waals surface area contributed by atoms with Crippen LogP contribution in [0.4, 0.5) is 0 Å². The third kappa shape index (κ3) is 6.54. The molecule has 4 nitrogen and oxygen atoms in total. The Hall–Kier alpha value is -1.68. The molecule has 1 aromatic rings. The Kier molecular flexibility index (Phi) is 7.69. The van der Waals surface area contributed by atoms with Crippen molar-refractivity contribution in [2.24, 2.45) is 0 Å². The van der Waals surface area contributed by atoms with E-state index in [1.807, 2.05) is 51.1 Å². The van der Waals surface area contributed by atoms with Crippen molar-refractivity contribution in [2.45, 2.75) is 59.4 Å². The fraction of sp³-hybridized carbons (Fsp3) is 0.529. The van der Waals surface area contributed by atoms with E-state index in [0.29, 0.717) is 0 Å². The van der Waals surface area contributed by atoms with Gasteiger partial charge in [-0.2, -0.15) is 0 Å². The smallest absolute Gasteiger partial charge is 0.124 e. The first-order valence-electron chi connectivity index (χ1n) is 7.52. The molecule has 0 amide bonds. The Morgan fingerprint density at radius 2 is 1.57 bits per heavy atom. The van der Waals surface area contributed by atoms with Crippen molar-refractivity contribution in [1.82, 2.24) is 5.48 Å². The average molecular weight is 293 g/mol. The predicted octanol–water partition coefficient (Wildman–Crippen LogP) is 4.07. The van der Waals surface area contributed by atoms with Crippen LogP contribution in [0.1, 0.15) is 41.0 Å². The van der Waals surface area contributed by atoms with Gasteiger partial charge in [-0.05, 0) is 58.4 Å². The maximum absolute atomic E-state index is 5.85. The van der Waals surface area contributed by atoms with Crippen LogP contribution in [0.15, 0.2) is 36.5 Å². The largest absolute Gasteiger partial charge is 0.491 e. The Labute approximate surface area is 128 Å². The first-order chi connectivity index (χ1) is 10.1. The van der Waals surface area contributed by atoms with Gasteiger partial charge in [-0.15, -0.1) is 0 Å². The van der Waals surface area contributed by atoms with Gasteiger partial charge in [0, 0.05) is 6.20 Å². The SMILES string of the molecule is CC=CNOC(C)C(C)Oc1ccc(OC(C)CC)cc1. The van der Waals surface area contributed by atoms with Gasteiger partial charge in [0.25, 0.3) is 0 Å². The minimum absolute atomic E-state index is 0.0657. The van der Waals surface area contributed by atoms with Gasteiger partial charge < -0.3 is 9.47 Å². The number of hydrogen-bond donors (Lipinski definition) is 1. The van der Waals surface area contributed by atoms with Crippen LogP contribution in [-0.2, 0) is 4.84 Å². The van der Waals surface area contributed by atoms with Crippen LogP contribution in [-0.4, -0.2) is 18.3 Å². The lowest BCUT2D eigenvalue weighted by atomic mass is 10.2. The van der Waals surface area contributed by atoms with Crippen LogP contribution in [0.2, 0.25) is 0 Å². The number of benzene rings is 1.